The first-order chi connectivity index (χ1) is 7.33. The Hall–Kier alpha value is -1.08. The largest absolute Gasteiger partial charge is 0.373 e. The second-order valence-corrected chi connectivity index (χ2v) is 4.72. The zero-order chi connectivity index (χ0) is 10.4. The third-order valence-electron chi connectivity index (χ3n) is 3.99. The molecule has 1 nitrogen and oxygen atoms in total. The molecule has 1 saturated carbocycles. The fraction of sp³-hybridized carbons (Fsp3) is 0.429. The SMILES string of the molecule is C=CCC1(c2ccccc2)COC12CC2. The Labute approximate surface area is 90.8 Å². The molecule has 1 aromatic rings. The molecule has 2 aliphatic rings. The molecule has 3 rings (SSSR count). The summed E-state index contributed by atoms with van der Waals surface area (Å²) in [6.07, 6.45) is 5.51. The Morgan fingerprint density at radius 1 is 1.27 bits per heavy atom. The first kappa shape index (κ1) is 9.17. The van der Waals surface area contributed by atoms with E-state index in [0.717, 1.165) is 13.0 Å². The van der Waals surface area contributed by atoms with Crippen LogP contribution in [0.1, 0.15) is 24.8 Å². The molecule has 1 spiro atoms. The van der Waals surface area contributed by atoms with Crippen molar-refractivity contribution < 1.29 is 4.74 Å². The molecule has 2 fully saturated rings. The number of allylic oxidation sites excluding steroid dienone is 1. The topological polar surface area (TPSA) is 9.23 Å². The van der Waals surface area contributed by atoms with Crippen LogP contribution in [0.3, 0.4) is 0 Å². The first-order valence-corrected chi connectivity index (χ1v) is 5.63. The van der Waals surface area contributed by atoms with Gasteiger partial charge in [0, 0.05) is 0 Å². The van der Waals surface area contributed by atoms with Crippen molar-refractivity contribution in [3.63, 3.8) is 0 Å². The molecule has 1 saturated heterocycles. The third-order valence-corrected chi connectivity index (χ3v) is 3.99. The highest BCUT2D eigenvalue weighted by Gasteiger charge is 2.67. The summed E-state index contributed by atoms with van der Waals surface area (Å²) >= 11 is 0. The van der Waals surface area contributed by atoms with Crippen molar-refractivity contribution in [2.75, 3.05) is 6.61 Å². The summed E-state index contributed by atoms with van der Waals surface area (Å²) in [6, 6.07) is 10.8. The molecule has 1 aliphatic carbocycles. The molecule has 0 bridgehead atoms. The zero-order valence-corrected chi connectivity index (χ0v) is 8.91. The number of benzene rings is 1. The number of rotatable bonds is 3. The van der Waals surface area contributed by atoms with Crippen LogP contribution < -0.4 is 0 Å². The van der Waals surface area contributed by atoms with Gasteiger partial charge in [0.05, 0.1) is 17.6 Å². The van der Waals surface area contributed by atoms with Crippen molar-refractivity contribution in [2.45, 2.75) is 30.3 Å². The Bertz CT molecular complexity index is 378. The van der Waals surface area contributed by atoms with Gasteiger partial charge < -0.3 is 4.74 Å². The number of hydrogen-bond donors (Lipinski definition) is 0. The molecule has 1 aromatic carbocycles. The lowest BCUT2D eigenvalue weighted by Crippen LogP contribution is -2.57. The van der Waals surface area contributed by atoms with Crippen LogP contribution in [0.4, 0.5) is 0 Å². The summed E-state index contributed by atoms with van der Waals surface area (Å²) in [5, 5.41) is 0. The van der Waals surface area contributed by atoms with Crippen molar-refractivity contribution in [2.24, 2.45) is 0 Å². The average Bonchev–Trinajstić information content (AvgIpc) is 3.07. The van der Waals surface area contributed by atoms with Crippen LogP contribution in [0.25, 0.3) is 0 Å². The minimum Gasteiger partial charge on any atom is -0.373 e. The lowest BCUT2D eigenvalue weighted by molar-refractivity contribution is -0.160. The normalized spacial score (nSPS) is 30.9. The van der Waals surface area contributed by atoms with Crippen LogP contribution in [0.5, 0.6) is 0 Å². The lowest BCUT2D eigenvalue weighted by Gasteiger charge is -2.50. The van der Waals surface area contributed by atoms with Gasteiger partial charge in [-0.1, -0.05) is 36.4 Å². The average molecular weight is 200 g/mol. The molecule has 1 heteroatoms. The molecule has 0 N–H and O–H groups in total. The maximum Gasteiger partial charge on any atom is 0.0806 e. The van der Waals surface area contributed by atoms with Gasteiger partial charge >= 0.3 is 0 Å². The van der Waals surface area contributed by atoms with E-state index in [-0.39, 0.29) is 11.0 Å². The summed E-state index contributed by atoms with van der Waals surface area (Å²) in [6.45, 7) is 4.75. The molecule has 0 radical (unpaired) electrons. The smallest absolute Gasteiger partial charge is 0.0806 e. The molecule has 1 atom stereocenters. The Morgan fingerprint density at radius 2 is 2.00 bits per heavy atom. The zero-order valence-electron chi connectivity index (χ0n) is 8.91. The van der Waals surface area contributed by atoms with Gasteiger partial charge in [-0.15, -0.1) is 6.58 Å². The highest BCUT2D eigenvalue weighted by molar-refractivity contribution is 5.38. The molecule has 1 unspecified atom stereocenters. The maximum atomic E-state index is 5.80. The van der Waals surface area contributed by atoms with E-state index in [1.165, 1.54) is 18.4 Å². The highest BCUT2D eigenvalue weighted by Crippen LogP contribution is 2.63. The van der Waals surface area contributed by atoms with Gasteiger partial charge in [0.25, 0.3) is 0 Å². The Kier molecular flexibility index (Phi) is 1.81. The highest BCUT2D eigenvalue weighted by atomic mass is 16.5. The van der Waals surface area contributed by atoms with Crippen LogP contribution in [-0.4, -0.2) is 12.2 Å². The third kappa shape index (κ3) is 1.07. The van der Waals surface area contributed by atoms with E-state index in [0.29, 0.717) is 0 Å². The fourth-order valence-electron chi connectivity index (χ4n) is 2.90. The fourth-order valence-corrected chi connectivity index (χ4v) is 2.90. The van der Waals surface area contributed by atoms with Gasteiger partial charge in [0.2, 0.25) is 0 Å². The quantitative estimate of drug-likeness (QED) is 0.681. The van der Waals surface area contributed by atoms with Gasteiger partial charge in [-0.3, -0.25) is 0 Å². The molecule has 0 amide bonds. The van der Waals surface area contributed by atoms with E-state index in [9.17, 15) is 0 Å². The van der Waals surface area contributed by atoms with Crippen LogP contribution >= 0.6 is 0 Å². The van der Waals surface area contributed by atoms with E-state index in [4.69, 9.17) is 4.74 Å². The van der Waals surface area contributed by atoms with E-state index in [1.54, 1.807) is 0 Å². The second kappa shape index (κ2) is 2.96. The first-order valence-electron chi connectivity index (χ1n) is 5.63. The minimum atomic E-state index is 0.169. The molecule has 15 heavy (non-hydrogen) atoms. The van der Waals surface area contributed by atoms with Crippen molar-refractivity contribution in [1.29, 1.82) is 0 Å². The second-order valence-electron chi connectivity index (χ2n) is 4.72. The molecular weight excluding hydrogens is 184 g/mol. The van der Waals surface area contributed by atoms with E-state index in [1.807, 2.05) is 6.08 Å². The molecule has 78 valence electrons. The summed E-state index contributed by atoms with van der Waals surface area (Å²) in [5.41, 5.74) is 1.83. The van der Waals surface area contributed by atoms with Gasteiger partial charge in [0.1, 0.15) is 0 Å². The predicted octanol–water partition coefficient (Wildman–Crippen LogP) is 3.06. The standard InChI is InChI=1S/C14H16O/c1-2-8-13(11-15-14(13)9-10-14)12-6-4-3-5-7-12/h2-7H,1,8-11H2. The van der Waals surface area contributed by atoms with Crippen molar-refractivity contribution in [3.05, 3.63) is 48.6 Å². The van der Waals surface area contributed by atoms with Crippen molar-refractivity contribution >= 4 is 0 Å². The molecule has 0 aromatic heterocycles. The lowest BCUT2D eigenvalue weighted by atomic mass is 9.68. The van der Waals surface area contributed by atoms with Crippen molar-refractivity contribution in [1.82, 2.24) is 0 Å². The molecular formula is C14H16O. The monoisotopic (exact) mass is 200 g/mol. The summed E-state index contributed by atoms with van der Waals surface area (Å²) in [5.74, 6) is 0. The van der Waals surface area contributed by atoms with Crippen molar-refractivity contribution in [3.8, 4) is 0 Å². The van der Waals surface area contributed by atoms with E-state index in [2.05, 4.69) is 36.9 Å². The van der Waals surface area contributed by atoms with Crippen LogP contribution in [0.15, 0.2) is 43.0 Å². The Morgan fingerprint density at radius 3 is 2.47 bits per heavy atom. The number of hydrogen-bond acceptors (Lipinski definition) is 1. The number of ether oxygens (including phenoxy) is 1. The molecule has 1 aliphatic heterocycles. The predicted molar refractivity (Wildman–Crippen MR) is 60.9 cm³/mol. The summed E-state index contributed by atoms with van der Waals surface area (Å²) < 4.78 is 5.80. The van der Waals surface area contributed by atoms with Gasteiger partial charge in [0.15, 0.2) is 0 Å². The summed E-state index contributed by atoms with van der Waals surface area (Å²) in [4.78, 5) is 0. The van der Waals surface area contributed by atoms with Gasteiger partial charge in [-0.2, -0.15) is 0 Å². The van der Waals surface area contributed by atoms with Crippen LogP contribution in [0, 0.1) is 0 Å². The van der Waals surface area contributed by atoms with Crippen LogP contribution in [-0.2, 0) is 10.2 Å². The van der Waals surface area contributed by atoms with E-state index >= 15 is 0 Å². The van der Waals surface area contributed by atoms with Crippen LogP contribution in [0.2, 0.25) is 0 Å². The minimum absolute atomic E-state index is 0.169. The van der Waals surface area contributed by atoms with Gasteiger partial charge in [-0.25, -0.2) is 0 Å². The van der Waals surface area contributed by atoms with E-state index < -0.39 is 0 Å². The Balaban J connectivity index is 2.02. The maximum absolute atomic E-state index is 5.80. The summed E-state index contributed by atoms with van der Waals surface area (Å²) in [7, 11) is 0. The van der Waals surface area contributed by atoms with Gasteiger partial charge in [-0.05, 0) is 24.8 Å². The molecule has 1 heterocycles.